The van der Waals surface area contributed by atoms with Crippen molar-refractivity contribution >= 4 is 11.8 Å². The van der Waals surface area contributed by atoms with E-state index >= 15 is 0 Å². The zero-order valence-electron chi connectivity index (χ0n) is 14.5. The van der Waals surface area contributed by atoms with Gasteiger partial charge in [0.2, 0.25) is 11.8 Å². The summed E-state index contributed by atoms with van der Waals surface area (Å²) < 4.78 is 1.63. The minimum Gasteiger partial charge on any atom is -0.352 e. The highest BCUT2D eigenvalue weighted by molar-refractivity contribution is 5.77. The number of likely N-dealkylation sites (tertiary alicyclic amines) is 1. The van der Waals surface area contributed by atoms with Crippen molar-refractivity contribution in [2.24, 2.45) is 0 Å². The van der Waals surface area contributed by atoms with Crippen molar-refractivity contribution in [2.75, 3.05) is 6.54 Å². The van der Waals surface area contributed by atoms with Crippen LogP contribution < -0.4 is 5.32 Å². The molecule has 1 saturated heterocycles. The maximum absolute atomic E-state index is 12.7. The molecule has 0 saturated carbocycles. The van der Waals surface area contributed by atoms with Gasteiger partial charge in [0.05, 0.1) is 11.7 Å². The molecule has 0 aromatic carbocycles. The van der Waals surface area contributed by atoms with E-state index < -0.39 is 0 Å². The van der Waals surface area contributed by atoms with Crippen LogP contribution in [0.5, 0.6) is 0 Å². The topological polar surface area (TPSA) is 93.0 Å². The molecule has 1 aliphatic rings. The van der Waals surface area contributed by atoms with Gasteiger partial charge < -0.3 is 10.2 Å². The van der Waals surface area contributed by atoms with Gasteiger partial charge in [0, 0.05) is 44.2 Å². The van der Waals surface area contributed by atoms with E-state index in [2.05, 4.69) is 20.4 Å². The molecule has 1 N–H and O–H groups in total. The van der Waals surface area contributed by atoms with Crippen molar-refractivity contribution in [1.82, 2.24) is 30.0 Å². The van der Waals surface area contributed by atoms with Crippen LogP contribution in [0.4, 0.5) is 0 Å². The monoisotopic (exact) mass is 342 g/mol. The molecule has 0 spiro atoms. The minimum absolute atomic E-state index is 0.0212. The first-order valence-electron chi connectivity index (χ1n) is 8.38. The summed E-state index contributed by atoms with van der Waals surface area (Å²) in [4.78, 5) is 34.6. The van der Waals surface area contributed by atoms with E-state index in [1.165, 1.54) is 6.92 Å². The van der Waals surface area contributed by atoms with Gasteiger partial charge in [-0.1, -0.05) is 0 Å². The van der Waals surface area contributed by atoms with Crippen molar-refractivity contribution in [3.05, 3.63) is 41.7 Å². The average Bonchev–Trinajstić information content (AvgIpc) is 3.24. The molecule has 2 aromatic heterocycles. The lowest BCUT2D eigenvalue weighted by molar-refractivity contribution is -0.133. The van der Waals surface area contributed by atoms with Gasteiger partial charge in [0.1, 0.15) is 12.4 Å². The summed E-state index contributed by atoms with van der Waals surface area (Å²) in [5.74, 6) is 0.574. The second-order valence-electron chi connectivity index (χ2n) is 6.19. The number of nitrogens with one attached hydrogen (secondary N) is 1. The number of rotatable bonds is 5. The molecule has 0 unspecified atom stereocenters. The highest BCUT2D eigenvalue weighted by Gasteiger charge is 2.32. The molecule has 25 heavy (non-hydrogen) atoms. The van der Waals surface area contributed by atoms with E-state index in [-0.39, 0.29) is 24.4 Å². The highest BCUT2D eigenvalue weighted by Crippen LogP contribution is 2.32. The van der Waals surface area contributed by atoms with Crippen molar-refractivity contribution in [1.29, 1.82) is 0 Å². The number of aromatic nitrogens is 4. The van der Waals surface area contributed by atoms with Gasteiger partial charge in [-0.2, -0.15) is 5.10 Å². The molecule has 1 atom stereocenters. The Labute approximate surface area is 146 Å². The van der Waals surface area contributed by atoms with Gasteiger partial charge in [-0.05, 0) is 25.8 Å². The summed E-state index contributed by atoms with van der Waals surface area (Å²) in [6, 6.07) is 1.71. The number of carbonyl (C=O) groups is 2. The van der Waals surface area contributed by atoms with E-state index in [0.29, 0.717) is 18.9 Å². The van der Waals surface area contributed by atoms with Crippen LogP contribution in [0.15, 0.2) is 24.7 Å². The van der Waals surface area contributed by atoms with E-state index in [1.54, 1.807) is 29.3 Å². The smallest absolute Gasteiger partial charge is 0.244 e. The fourth-order valence-corrected chi connectivity index (χ4v) is 3.13. The number of hydrogen-bond acceptors (Lipinski definition) is 5. The zero-order valence-corrected chi connectivity index (χ0v) is 14.5. The number of aryl methyl sites for hydroxylation is 1. The van der Waals surface area contributed by atoms with Crippen LogP contribution in [0, 0.1) is 6.92 Å². The molecule has 0 aliphatic carbocycles. The normalized spacial score (nSPS) is 16.9. The summed E-state index contributed by atoms with van der Waals surface area (Å²) in [5.41, 5.74) is 1.68. The quantitative estimate of drug-likeness (QED) is 0.874. The maximum atomic E-state index is 12.7. The Kier molecular flexibility index (Phi) is 5.06. The molecule has 0 bridgehead atoms. The van der Waals surface area contributed by atoms with Crippen molar-refractivity contribution < 1.29 is 9.59 Å². The van der Waals surface area contributed by atoms with E-state index in [0.717, 1.165) is 24.1 Å². The second-order valence-corrected chi connectivity index (χ2v) is 6.19. The molecule has 0 radical (unpaired) electrons. The second kappa shape index (κ2) is 7.42. The molecule has 8 nitrogen and oxygen atoms in total. The number of nitrogens with zero attached hydrogens (tertiary/aromatic N) is 5. The van der Waals surface area contributed by atoms with Crippen LogP contribution in [-0.2, 0) is 22.7 Å². The van der Waals surface area contributed by atoms with Gasteiger partial charge >= 0.3 is 0 Å². The number of carbonyl (C=O) groups excluding carboxylic acids is 2. The van der Waals surface area contributed by atoms with Gasteiger partial charge in [-0.15, -0.1) is 0 Å². The van der Waals surface area contributed by atoms with Crippen LogP contribution in [0.1, 0.15) is 42.9 Å². The molecule has 132 valence electrons. The van der Waals surface area contributed by atoms with Crippen molar-refractivity contribution in [3.8, 4) is 0 Å². The predicted octanol–water partition coefficient (Wildman–Crippen LogP) is 0.981. The van der Waals surface area contributed by atoms with Crippen LogP contribution in [0.25, 0.3) is 0 Å². The highest BCUT2D eigenvalue weighted by atomic mass is 16.2. The van der Waals surface area contributed by atoms with E-state index in [1.807, 2.05) is 11.8 Å². The van der Waals surface area contributed by atoms with Crippen LogP contribution >= 0.6 is 0 Å². The lowest BCUT2D eigenvalue weighted by Gasteiger charge is -2.26. The summed E-state index contributed by atoms with van der Waals surface area (Å²) in [5, 5.41) is 6.89. The van der Waals surface area contributed by atoms with Gasteiger partial charge in [0.25, 0.3) is 0 Å². The molecule has 2 amide bonds. The Morgan fingerprint density at radius 3 is 2.96 bits per heavy atom. The number of amides is 2. The number of hydrogen-bond donors (Lipinski definition) is 1. The maximum Gasteiger partial charge on any atom is 0.244 e. The Morgan fingerprint density at radius 1 is 1.40 bits per heavy atom. The average molecular weight is 342 g/mol. The molecule has 3 heterocycles. The fraction of sp³-hybridized carbons (Fsp3) is 0.471. The third-order valence-corrected chi connectivity index (χ3v) is 4.29. The minimum atomic E-state index is -0.107. The third-order valence-electron chi connectivity index (χ3n) is 4.29. The van der Waals surface area contributed by atoms with Crippen molar-refractivity contribution in [2.45, 2.75) is 45.8 Å². The summed E-state index contributed by atoms with van der Waals surface area (Å²) in [6.07, 6.45) is 6.96. The Morgan fingerprint density at radius 2 is 2.24 bits per heavy atom. The molecular formula is C17H22N6O2. The standard InChI is InChI=1S/C17H22N6O2/c1-12-18-9-14(10-19-13(2)24)17(21-12)15-5-3-8-23(15)16(25)11-22-7-4-6-20-22/h4,6-7,9,15H,3,5,8,10-11H2,1-2H3,(H,19,24)/t15-/m1/s1. The van der Waals surface area contributed by atoms with Crippen molar-refractivity contribution in [3.63, 3.8) is 0 Å². The Hall–Kier alpha value is -2.77. The SMILES string of the molecule is CC(=O)NCc1cnc(C)nc1[C@H]1CCCN1C(=O)Cn1cccn1. The summed E-state index contributed by atoms with van der Waals surface area (Å²) in [6.45, 7) is 4.59. The Bertz CT molecular complexity index is 759. The van der Waals surface area contributed by atoms with Gasteiger partial charge in [0.15, 0.2) is 0 Å². The largest absolute Gasteiger partial charge is 0.352 e. The fourth-order valence-electron chi connectivity index (χ4n) is 3.13. The predicted molar refractivity (Wildman–Crippen MR) is 90.2 cm³/mol. The molecular weight excluding hydrogens is 320 g/mol. The van der Waals surface area contributed by atoms with Gasteiger partial charge in [-0.3, -0.25) is 14.3 Å². The Balaban J connectivity index is 1.82. The first kappa shape index (κ1) is 17.1. The van der Waals surface area contributed by atoms with Crippen LogP contribution in [0.3, 0.4) is 0 Å². The van der Waals surface area contributed by atoms with E-state index in [4.69, 9.17) is 0 Å². The van der Waals surface area contributed by atoms with Gasteiger partial charge in [-0.25, -0.2) is 9.97 Å². The molecule has 8 heteroatoms. The summed E-state index contributed by atoms with van der Waals surface area (Å²) >= 11 is 0. The van der Waals surface area contributed by atoms with Crippen LogP contribution in [0.2, 0.25) is 0 Å². The lowest BCUT2D eigenvalue weighted by Crippen LogP contribution is -2.35. The van der Waals surface area contributed by atoms with E-state index in [9.17, 15) is 9.59 Å². The molecule has 1 fully saturated rings. The molecule has 3 rings (SSSR count). The first-order chi connectivity index (χ1) is 12.0. The first-order valence-corrected chi connectivity index (χ1v) is 8.38. The van der Waals surface area contributed by atoms with Crippen LogP contribution in [-0.4, -0.2) is 43.0 Å². The summed E-state index contributed by atoms with van der Waals surface area (Å²) in [7, 11) is 0. The molecule has 1 aliphatic heterocycles. The lowest BCUT2D eigenvalue weighted by atomic mass is 10.1. The third kappa shape index (κ3) is 4.01. The molecule has 2 aromatic rings. The zero-order chi connectivity index (χ0) is 17.8.